The Morgan fingerprint density at radius 1 is 1.21 bits per heavy atom. The van der Waals surface area contributed by atoms with Gasteiger partial charge in [0.1, 0.15) is 5.75 Å². The maximum atomic E-state index is 12.3. The number of hydrogen-bond acceptors (Lipinski definition) is 5. The molecule has 7 heteroatoms. The van der Waals surface area contributed by atoms with Gasteiger partial charge in [-0.3, -0.25) is 4.79 Å². The third-order valence-electron chi connectivity index (χ3n) is 3.37. The first-order chi connectivity index (χ1) is 11.6. The average Bonchev–Trinajstić information content (AvgIpc) is 3.08. The molecule has 0 aliphatic carbocycles. The Balaban J connectivity index is 1.82. The van der Waals surface area contributed by atoms with E-state index in [1.807, 2.05) is 31.2 Å². The lowest BCUT2D eigenvalue weighted by Crippen LogP contribution is -2.12. The molecule has 0 unspecified atom stereocenters. The van der Waals surface area contributed by atoms with Crippen LogP contribution in [0.4, 0.5) is 5.69 Å². The van der Waals surface area contributed by atoms with Crippen molar-refractivity contribution in [3.63, 3.8) is 0 Å². The van der Waals surface area contributed by atoms with E-state index in [9.17, 15) is 4.79 Å². The van der Waals surface area contributed by atoms with Crippen molar-refractivity contribution < 1.29 is 13.9 Å². The van der Waals surface area contributed by atoms with E-state index in [2.05, 4.69) is 31.4 Å². The van der Waals surface area contributed by atoms with Gasteiger partial charge in [-0.15, -0.1) is 10.2 Å². The fourth-order valence-corrected chi connectivity index (χ4v) is 2.40. The van der Waals surface area contributed by atoms with E-state index in [0.717, 1.165) is 10.0 Å². The first-order valence-electron chi connectivity index (χ1n) is 7.13. The van der Waals surface area contributed by atoms with E-state index >= 15 is 0 Å². The topological polar surface area (TPSA) is 77.2 Å². The molecule has 0 radical (unpaired) electrons. The van der Waals surface area contributed by atoms with Gasteiger partial charge in [0.25, 0.3) is 5.89 Å². The number of nitrogens with one attached hydrogen (secondary N) is 1. The van der Waals surface area contributed by atoms with Gasteiger partial charge in [-0.2, -0.15) is 0 Å². The number of carbonyl (C=O) groups is 1. The standard InChI is InChI=1S/C17H14BrN3O3/c1-10-9-11(7-8-13(10)18)19-15(22)17-21-20-16(24-17)12-5-3-4-6-14(12)23-2/h3-9H,1-2H3,(H,19,22). The normalized spacial score (nSPS) is 10.5. The van der Waals surface area contributed by atoms with Crippen LogP contribution in [0.15, 0.2) is 51.4 Å². The Kier molecular flexibility index (Phi) is 4.61. The van der Waals surface area contributed by atoms with E-state index in [0.29, 0.717) is 17.0 Å². The second kappa shape index (κ2) is 6.84. The molecule has 122 valence electrons. The molecule has 3 aromatic rings. The number of benzene rings is 2. The molecule has 0 atom stereocenters. The molecule has 0 aliphatic rings. The zero-order chi connectivity index (χ0) is 17.1. The Morgan fingerprint density at radius 3 is 2.75 bits per heavy atom. The number of para-hydroxylation sites is 1. The highest BCUT2D eigenvalue weighted by molar-refractivity contribution is 9.10. The quantitative estimate of drug-likeness (QED) is 0.729. The summed E-state index contributed by atoms with van der Waals surface area (Å²) in [6, 6.07) is 12.7. The number of ether oxygens (including phenoxy) is 1. The van der Waals surface area contributed by atoms with Gasteiger partial charge in [0.15, 0.2) is 0 Å². The molecule has 0 spiro atoms. The smallest absolute Gasteiger partial charge is 0.313 e. The van der Waals surface area contributed by atoms with Crippen molar-refractivity contribution >= 4 is 27.5 Å². The number of hydrogen-bond donors (Lipinski definition) is 1. The number of carbonyl (C=O) groups excluding carboxylic acids is 1. The van der Waals surface area contributed by atoms with Crippen molar-refractivity contribution in [1.29, 1.82) is 0 Å². The molecule has 1 amide bonds. The molecule has 0 bridgehead atoms. The van der Waals surface area contributed by atoms with E-state index in [-0.39, 0.29) is 11.8 Å². The predicted octanol–water partition coefficient (Wildman–Crippen LogP) is 4.07. The van der Waals surface area contributed by atoms with Crippen LogP contribution in [0.1, 0.15) is 16.2 Å². The maximum absolute atomic E-state index is 12.3. The molecular formula is C17H14BrN3O3. The summed E-state index contributed by atoms with van der Waals surface area (Å²) in [4.78, 5) is 12.3. The minimum atomic E-state index is -0.467. The Labute approximate surface area is 147 Å². The number of methoxy groups -OCH3 is 1. The molecule has 1 heterocycles. The van der Waals surface area contributed by atoms with Crippen molar-refractivity contribution in [2.75, 3.05) is 12.4 Å². The van der Waals surface area contributed by atoms with Gasteiger partial charge in [0.2, 0.25) is 0 Å². The van der Waals surface area contributed by atoms with Crippen molar-refractivity contribution in [2.45, 2.75) is 6.92 Å². The van der Waals surface area contributed by atoms with Crippen molar-refractivity contribution in [1.82, 2.24) is 10.2 Å². The Bertz CT molecular complexity index is 892. The molecule has 1 N–H and O–H groups in total. The first-order valence-corrected chi connectivity index (χ1v) is 7.92. The number of aromatic nitrogens is 2. The molecule has 3 rings (SSSR count). The van der Waals surface area contributed by atoms with Gasteiger partial charge >= 0.3 is 11.8 Å². The molecule has 0 fully saturated rings. The summed E-state index contributed by atoms with van der Waals surface area (Å²) in [6.45, 7) is 1.94. The van der Waals surface area contributed by atoms with Crippen LogP contribution in [0, 0.1) is 6.92 Å². The van der Waals surface area contributed by atoms with Gasteiger partial charge in [-0.25, -0.2) is 0 Å². The van der Waals surface area contributed by atoms with E-state index in [1.54, 1.807) is 25.3 Å². The van der Waals surface area contributed by atoms with Crippen LogP contribution in [0.2, 0.25) is 0 Å². The van der Waals surface area contributed by atoms with Crippen LogP contribution in [-0.4, -0.2) is 23.2 Å². The fraction of sp³-hybridized carbons (Fsp3) is 0.118. The molecule has 1 aromatic heterocycles. The van der Waals surface area contributed by atoms with E-state index in [1.165, 1.54) is 0 Å². The molecule has 2 aromatic carbocycles. The summed E-state index contributed by atoms with van der Waals surface area (Å²) in [5.74, 6) is 0.239. The summed E-state index contributed by atoms with van der Waals surface area (Å²) in [5.41, 5.74) is 2.29. The summed E-state index contributed by atoms with van der Waals surface area (Å²) in [6.07, 6.45) is 0. The number of amides is 1. The Hall–Kier alpha value is -2.67. The zero-order valence-corrected chi connectivity index (χ0v) is 14.6. The van der Waals surface area contributed by atoms with Gasteiger partial charge in [-0.1, -0.05) is 28.1 Å². The molecule has 6 nitrogen and oxygen atoms in total. The fourth-order valence-electron chi connectivity index (χ4n) is 2.15. The number of nitrogens with zero attached hydrogens (tertiary/aromatic N) is 2. The second-order valence-corrected chi connectivity index (χ2v) is 5.89. The lowest BCUT2D eigenvalue weighted by atomic mass is 10.2. The summed E-state index contributed by atoms with van der Waals surface area (Å²) >= 11 is 3.42. The van der Waals surface area contributed by atoms with Crippen LogP contribution in [-0.2, 0) is 0 Å². The lowest BCUT2D eigenvalue weighted by molar-refractivity contribution is 0.0991. The summed E-state index contributed by atoms with van der Waals surface area (Å²) in [5, 5.41) is 10.5. The minimum Gasteiger partial charge on any atom is -0.496 e. The number of anilines is 1. The van der Waals surface area contributed by atoms with Crippen LogP contribution in [0.25, 0.3) is 11.5 Å². The number of aryl methyl sites for hydroxylation is 1. The van der Waals surface area contributed by atoms with E-state index < -0.39 is 5.91 Å². The van der Waals surface area contributed by atoms with Gasteiger partial charge < -0.3 is 14.5 Å². The molecular weight excluding hydrogens is 374 g/mol. The SMILES string of the molecule is COc1ccccc1-c1nnc(C(=O)Nc2ccc(Br)c(C)c2)o1. The van der Waals surface area contributed by atoms with Crippen molar-refractivity contribution in [3.05, 3.63) is 58.4 Å². The highest BCUT2D eigenvalue weighted by Crippen LogP contribution is 2.28. The average molecular weight is 388 g/mol. The predicted molar refractivity (Wildman–Crippen MR) is 93.1 cm³/mol. The second-order valence-electron chi connectivity index (χ2n) is 5.03. The highest BCUT2D eigenvalue weighted by Gasteiger charge is 2.18. The van der Waals surface area contributed by atoms with Crippen molar-refractivity contribution in [3.8, 4) is 17.2 Å². The largest absolute Gasteiger partial charge is 0.496 e. The third kappa shape index (κ3) is 3.30. The monoisotopic (exact) mass is 387 g/mol. The molecule has 0 saturated carbocycles. The maximum Gasteiger partial charge on any atom is 0.313 e. The van der Waals surface area contributed by atoms with Crippen LogP contribution in [0.5, 0.6) is 5.75 Å². The van der Waals surface area contributed by atoms with Gasteiger partial charge in [0.05, 0.1) is 12.7 Å². The van der Waals surface area contributed by atoms with Crippen LogP contribution in [0.3, 0.4) is 0 Å². The zero-order valence-electron chi connectivity index (χ0n) is 13.0. The van der Waals surface area contributed by atoms with Gasteiger partial charge in [-0.05, 0) is 42.8 Å². The Morgan fingerprint density at radius 2 is 2.00 bits per heavy atom. The van der Waals surface area contributed by atoms with E-state index in [4.69, 9.17) is 9.15 Å². The van der Waals surface area contributed by atoms with Crippen LogP contribution >= 0.6 is 15.9 Å². The van der Waals surface area contributed by atoms with Crippen LogP contribution < -0.4 is 10.1 Å². The lowest BCUT2D eigenvalue weighted by Gasteiger charge is -2.05. The minimum absolute atomic E-state index is 0.114. The molecule has 0 saturated heterocycles. The third-order valence-corrected chi connectivity index (χ3v) is 4.26. The summed E-state index contributed by atoms with van der Waals surface area (Å²) in [7, 11) is 1.55. The first kappa shape index (κ1) is 16.2. The number of rotatable bonds is 4. The summed E-state index contributed by atoms with van der Waals surface area (Å²) < 4.78 is 11.7. The van der Waals surface area contributed by atoms with Gasteiger partial charge in [0, 0.05) is 10.2 Å². The number of halogens is 1. The molecule has 24 heavy (non-hydrogen) atoms. The highest BCUT2D eigenvalue weighted by atomic mass is 79.9. The van der Waals surface area contributed by atoms with Crippen molar-refractivity contribution in [2.24, 2.45) is 0 Å². The molecule has 0 aliphatic heterocycles.